The minimum absolute atomic E-state index is 0.114. The summed E-state index contributed by atoms with van der Waals surface area (Å²) in [5.41, 5.74) is 0.847. The summed E-state index contributed by atoms with van der Waals surface area (Å²) in [6.07, 6.45) is 6.82. The highest BCUT2D eigenvalue weighted by molar-refractivity contribution is 7.90. The molecule has 24 heavy (non-hydrogen) atoms. The van der Waals surface area contributed by atoms with Gasteiger partial charge in [0.25, 0.3) is 0 Å². The fraction of sp³-hybridized carbons (Fsp3) is 0.611. The Hall–Kier alpha value is -1.56. The Morgan fingerprint density at radius 2 is 1.88 bits per heavy atom. The summed E-state index contributed by atoms with van der Waals surface area (Å²) in [6.45, 7) is 0.612. The molecule has 1 aliphatic carbocycles. The lowest BCUT2D eigenvalue weighted by atomic mass is 9.96. The molecule has 2 N–H and O–H groups in total. The molecule has 1 aromatic carbocycles. The van der Waals surface area contributed by atoms with Gasteiger partial charge in [-0.05, 0) is 24.8 Å². The van der Waals surface area contributed by atoms with Gasteiger partial charge in [0.1, 0.15) is 0 Å². The zero-order valence-electron chi connectivity index (χ0n) is 14.5. The highest BCUT2D eigenvalue weighted by atomic mass is 32.2. The van der Waals surface area contributed by atoms with Crippen LogP contribution < -0.4 is 10.6 Å². The number of sulfone groups is 1. The van der Waals surface area contributed by atoms with Crippen molar-refractivity contribution in [1.29, 1.82) is 0 Å². The first-order chi connectivity index (χ1) is 11.6. The van der Waals surface area contributed by atoms with Crippen LogP contribution in [-0.4, -0.2) is 39.8 Å². The first-order valence-electron chi connectivity index (χ1n) is 8.80. The van der Waals surface area contributed by atoms with E-state index in [0.717, 1.165) is 11.5 Å². The monoisotopic (exact) mass is 351 g/mol. The largest absolute Gasteiger partial charge is 0.356 e. The minimum atomic E-state index is -3.07. The molecule has 0 spiro atoms. The molecular weight excluding hydrogens is 322 g/mol. The summed E-state index contributed by atoms with van der Waals surface area (Å²) >= 11 is 0. The third-order valence-corrected chi connectivity index (χ3v) is 6.01. The van der Waals surface area contributed by atoms with Crippen LogP contribution in [0, 0.1) is 0 Å². The van der Waals surface area contributed by atoms with Crippen molar-refractivity contribution in [2.24, 2.45) is 4.99 Å². The average molecular weight is 352 g/mol. The highest BCUT2D eigenvalue weighted by Gasteiger charge is 2.15. The van der Waals surface area contributed by atoms with Gasteiger partial charge in [0.15, 0.2) is 15.8 Å². The summed E-state index contributed by atoms with van der Waals surface area (Å²) in [5.74, 6) is 1.08. The molecule has 1 saturated carbocycles. The molecule has 1 aliphatic rings. The van der Waals surface area contributed by atoms with E-state index in [-0.39, 0.29) is 11.5 Å². The number of nitrogens with one attached hydrogen (secondary N) is 2. The molecule has 0 atom stereocenters. The van der Waals surface area contributed by atoms with E-state index >= 15 is 0 Å². The second kappa shape index (κ2) is 9.67. The second-order valence-electron chi connectivity index (χ2n) is 6.41. The number of guanidine groups is 1. The molecule has 0 aromatic heterocycles. The van der Waals surface area contributed by atoms with E-state index in [1.54, 1.807) is 7.05 Å². The molecule has 0 aliphatic heterocycles. The molecule has 0 amide bonds. The van der Waals surface area contributed by atoms with E-state index in [1.807, 2.05) is 30.3 Å². The zero-order valence-corrected chi connectivity index (χ0v) is 15.3. The van der Waals surface area contributed by atoms with Gasteiger partial charge < -0.3 is 10.6 Å². The third-order valence-electron chi connectivity index (χ3n) is 4.32. The summed E-state index contributed by atoms with van der Waals surface area (Å²) < 4.78 is 24.3. The molecule has 134 valence electrons. The van der Waals surface area contributed by atoms with Crippen LogP contribution in [0.3, 0.4) is 0 Å². The van der Waals surface area contributed by atoms with Crippen molar-refractivity contribution in [2.75, 3.05) is 19.3 Å². The standard InChI is InChI=1S/C18H29N3O2S/c1-19-18(21-17-11-6-3-7-12-17)20-13-8-14-24(22,23)15-16-9-4-2-5-10-16/h2,4-5,9-10,17H,3,6-8,11-15H2,1H3,(H2,19,20,21). The van der Waals surface area contributed by atoms with E-state index in [2.05, 4.69) is 15.6 Å². The molecule has 0 saturated heterocycles. The summed E-state index contributed by atoms with van der Waals surface area (Å²) in [6, 6.07) is 9.83. The summed E-state index contributed by atoms with van der Waals surface area (Å²) in [5, 5.41) is 6.66. The third kappa shape index (κ3) is 6.91. The smallest absolute Gasteiger partial charge is 0.191 e. The average Bonchev–Trinajstić information content (AvgIpc) is 2.59. The Bertz CT molecular complexity index is 608. The van der Waals surface area contributed by atoms with E-state index in [0.29, 0.717) is 19.0 Å². The molecule has 1 aromatic rings. The van der Waals surface area contributed by atoms with Crippen LogP contribution in [0.2, 0.25) is 0 Å². The van der Waals surface area contributed by atoms with Gasteiger partial charge in [-0.3, -0.25) is 4.99 Å². The van der Waals surface area contributed by atoms with Gasteiger partial charge in [0, 0.05) is 19.6 Å². The van der Waals surface area contributed by atoms with Crippen LogP contribution in [0.5, 0.6) is 0 Å². The van der Waals surface area contributed by atoms with Crippen molar-refractivity contribution in [2.45, 2.75) is 50.3 Å². The first kappa shape index (κ1) is 18.8. The van der Waals surface area contributed by atoms with Crippen LogP contribution in [-0.2, 0) is 15.6 Å². The topological polar surface area (TPSA) is 70.6 Å². The maximum Gasteiger partial charge on any atom is 0.191 e. The van der Waals surface area contributed by atoms with Crippen LogP contribution in [0.1, 0.15) is 44.1 Å². The van der Waals surface area contributed by atoms with Gasteiger partial charge in [-0.15, -0.1) is 0 Å². The second-order valence-corrected chi connectivity index (χ2v) is 8.59. The van der Waals surface area contributed by atoms with Gasteiger partial charge in [0.2, 0.25) is 0 Å². The number of hydrogen-bond acceptors (Lipinski definition) is 3. The van der Waals surface area contributed by atoms with Crippen molar-refractivity contribution in [3.05, 3.63) is 35.9 Å². The highest BCUT2D eigenvalue weighted by Crippen LogP contribution is 2.17. The Labute approximate surface area is 145 Å². The van der Waals surface area contributed by atoms with E-state index in [9.17, 15) is 8.42 Å². The predicted octanol–water partition coefficient (Wildman–Crippen LogP) is 2.49. The Kier molecular flexibility index (Phi) is 7.56. The van der Waals surface area contributed by atoms with Crippen molar-refractivity contribution in [1.82, 2.24) is 10.6 Å². The Morgan fingerprint density at radius 1 is 1.17 bits per heavy atom. The van der Waals surface area contributed by atoms with Crippen LogP contribution >= 0.6 is 0 Å². The van der Waals surface area contributed by atoms with Crippen molar-refractivity contribution >= 4 is 15.8 Å². The van der Waals surface area contributed by atoms with Gasteiger partial charge >= 0.3 is 0 Å². The van der Waals surface area contributed by atoms with Crippen molar-refractivity contribution in [3.63, 3.8) is 0 Å². The molecule has 0 bridgehead atoms. The minimum Gasteiger partial charge on any atom is -0.356 e. The normalized spacial score (nSPS) is 16.8. The van der Waals surface area contributed by atoms with Crippen LogP contribution in [0.15, 0.2) is 35.3 Å². The number of benzene rings is 1. The quantitative estimate of drug-likeness (QED) is 0.450. The van der Waals surface area contributed by atoms with Crippen molar-refractivity contribution < 1.29 is 8.42 Å². The lowest BCUT2D eigenvalue weighted by Crippen LogP contribution is -2.44. The Morgan fingerprint density at radius 3 is 2.54 bits per heavy atom. The van der Waals surface area contributed by atoms with Gasteiger partial charge in [0.05, 0.1) is 11.5 Å². The maximum absolute atomic E-state index is 12.2. The lowest BCUT2D eigenvalue weighted by molar-refractivity contribution is 0.410. The molecular formula is C18H29N3O2S. The molecule has 2 rings (SSSR count). The molecule has 1 fully saturated rings. The van der Waals surface area contributed by atoms with Gasteiger partial charge in [-0.25, -0.2) is 8.42 Å². The molecule has 6 heteroatoms. The number of hydrogen-bond donors (Lipinski definition) is 2. The van der Waals surface area contributed by atoms with E-state index in [4.69, 9.17) is 0 Å². The molecule has 0 heterocycles. The van der Waals surface area contributed by atoms with Gasteiger partial charge in [-0.1, -0.05) is 49.6 Å². The zero-order chi connectivity index (χ0) is 17.3. The fourth-order valence-corrected chi connectivity index (χ4v) is 4.46. The number of nitrogens with zero attached hydrogens (tertiary/aromatic N) is 1. The molecule has 0 radical (unpaired) electrons. The van der Waals surface area contributed by atoms with E-state index in [1.165, 1.54) is 32.1 Å². The van der Waals surface area contributed by atoms with Crippen molar-refractivity contribution in [3.8, 4) is 0 Å². The molecule has 0 unspecified atom stereocenters. The Balaban J connectivity index is 1.68. The lowest BCUT2D eigenvalue weighted by Gasteiger charge is -2.24. The number of rotatable bonds is 7. The SMILES string of the molecule is CN=C(NCCCS(=O)(=O)Cc1ccccc1)NC1CCCCC1. The number of aliphatic imine (C=N–C) groups is 1. The first-order valence-corrected chi connectivity index (χ1v) is 10.6. The maximum atomic E-state index is 12.2. The summed E-state index contributed by atoms with van der Waals surface area (Å²) in [7, 11) is -1.31. The fourth-order valence-electron chi connectivity index (χ4n) is 3.03. The van der Waals surface area contributed by atoms with Crippen LogP contribution in [0.25, 0.3) is 0 Å². The summed E-state index contributed by atoms with van der Waals surface area (Å²) in [4.78, 5) is 4.23. The van der Waals surface area contributed by atoms with Gasteiger partial charge in [-0.2, -0.15) is 0 Å². The van der Waals surface area contributed by atoms with E-state index < -0.39 is 9.84 Å². The predicted molar refractivity (Wildman–Crippen MR) is 99.9 cm³/mol. The molecule has 5 nitrogen and oxygen atoms in total. The van der Waals surface area contributed by atoms with Crippen LogP contribution in [0.4, 0.5) is 0 Å².